The maximum absolute atomic E-state index is 12.5. The fourth-order valence-corrected chi connectivity index (χ4v) is 4.23. The van der Waals surface area contributed by atoms with E-state index in [1.807, 2.05) is 25.1 Å². The van der Waals surface area contributed by atoms with Crippen LogP contribution in [0.4, 0.5) is 5.69 Å². The molecule has 0 radical (unpaired) electrons. The number of carbonyl (C=O) groups excluding carboxylic acids is 1. The van der Waals surface area contributed by atoms with Crippen molar-refractivity contribution in [3.8, 4) is 17.4 Å². The van der Waals surface area contributed by atoms with Crippen LogP contribution in [0.2, 0.25) is 0 Å². The van der Waals surface area contributed by atoms with Gasteiger partial charge in [0.2, 0.25) is 0 Å². The third-order valence-electron chi connectivity index (χ3n) is 6.60. The molecule has 37 heavy (non-hydrogen) atoms. The molecule has 1 atom stereocenters. The number of allylic oxidation sites excluding steroid dienone is 1. The highest BCUT2D eigenvalue weighted by Crippen LogP contribution is 2.30. The summed E-state index contributed by atoms with van der Waals surface area (Å²) in [5.74, 6) is 0.569. The number of hydrogen-bond donors (Lipinski definition) is 3. The molecule has 1 saturated heterocycles. The van der Waals surface area contributed by atoms with E-state index in [2.05, 4.69) is 45.9 Å². The zero-order valence-electron chi connectivity index (χ0n) is 21.4. The second-order valence-corrected chi connectivity index (χ2v) is 9.43. The Kier molecular flexibility index (Phi) is 8.96. The van der Waals surface area contributed by atoms with Gasteiger partial charge >= 0.3 is 0 Å². The number of hydrogen-bond acceptors (Lipinski definition) is 7. The maximum atomic E-state index is 12.5. The summed E-state index contributed by atoms with van der Waals surface area (Å²) >= 11 is 0. The first-order valence-corrected chi connectivity index (χ1v) is 12.7. The molecular weight excluding hydrogens is 468 g/mol. The van der Waals surface area contributed by atoms with E-state index in [1.165, 1.54) is 0 Å². The zero-order valence-corrected chi connectivity index (χ0v) is 21.4. The van der Waals surface area contributed by atoms with Crippen molar-refractivity contribution in [1.82, 2.24) is 10.2 Å². The van der Waals surface area contributed by atoms with Crippen LogP contribution < -0.4 is 10.6 Å². The number of nitrogens with one attached hydrogen (secondary N) is 2. The number of aliphatic hydroxyl groups excluding tert-OH is 1. The van der Waals surface area contributed by atoms with Crippen molar-refractivity contribution in [3.63, 3.8) is 0 Å². The molecule has 2 aromatic carbocycles. The third kappa shape index (κ3) is 6.77. The highest BCUT2D eigenvalue weighted by molar-refractivity contribution is 6.04. The van der Waals surface area contributed by atoms with Gasteiger partial charge < -0.3 is 24.9 Å². The number of benzene rings is 2. The van der Waals surface area contributed by atoms with E-state index in [0.29, 0.717) is 23.6 Å². The van der Waals surface area contributed by atoms with Gasteiger partial charge in [0.1, 0.15) is 23.2 Å². The number of fused-ring (bicyclic) bond motifs is 1. The van der Waals surface area contributed by atoms with Gasteiger partial charge in [-0.25, -0.2) is 0 Å². The Balaban J connectivity index is 1.44. The van der Waals surface area contributed by atoms with Gasteiger partial charge in [-0.05, 0) is 53.9 Å². The van der Waals surface area contributed by atoms with E-state index in [0.717, 1.165) is 61.4 Å². The number of amides is 1. The van der Waals surface area contributed by atoms with Gasteiger partial charge in [0.05, 0.1) is 13.2 Å². The second kappa shape index (κ2) is 12.5. The van der Waals surface area contributed by atoms with Crippen molar-refractivity contribution in [2.45, 2.75) is 13.8 Å². The number of anilines is 1. The van der Waals surface area contributed by atoms with Crippen LogP contribution in [0.5, 0.6) is 0 Å². The van der Waals surface area contributed by atoms with Crippen LogP contribution in [0.15, 0.2) is 58.5 Å². The lowest BCUT2D eigenvalue weighted by Crippen LogP contribution is -2.38. The number of carbonyl (C=O) groups is 1. The Morgan fingerprint density at radius 2 is 1.89 bits per heavy atom. The molecule has 0 aliphatic carbocycles. The predicted octanol–water partition coefficient (Wildman–Crippen LogP) is 3.89. The summed E-state index contributed by atoms with van der Waals surface area (Å²) in [6.45, 7) is 9.24. The zero-order chi connectivity index (χ0) is 26.2. The fourth-order valence-electron chi connectivity index (χ4n) is 4.23. The quantitative estimate of drug-likeness (QED) is 0.285. The first-order valence-electron chi connectivity index (χ1n) is 12.7. The molecule has 3 N–H and O–H groups in total. The third-order valence-corrected chi connectivity index (χ3v) is 6.60. The molecule has 0 spiro atoms. The molecule has 1 aromatic heterocycles. The molecule has 4 rings (SSSR count). The van der Waals surface area contributed by atoms with Crippen LogP contribution in [0.25, 0.3) is 27.7 Å². The maximum Gasteiger partial charge on any atom is 0.262 e. The van der Waals surface area contributed by atoms with Crippen molar-refractivity contribution in [2.75, 3.05) is 57.9 Å². The van der Waals surface area contributed by atoms with Crippen molar-refractivity contribution in [1.29, 1.82) is 5.26 Å². The van der Waals surface area contributed by atoms with Gasteiger partial charge in [0, 0.05) is 56.2 Å². The molecule has 1 amide bonds. The molecule has 1 fully saturated rings. The van der Waals surface area contributed by atoms with Gasteiger partial charge in [-0.3, -0.25) is 9.69 Å². The first kappa shape index (κ1) is 26.4. The summed E-state index contributed by atoms with van der Waals surface area (Å²) in [4.78, 5) is 14.9. The Hall–Kier alpha value is -3.64. The van der Waals surface area contributed by atoms with Gasteiger partial charge in [0.15, 0.2) is 0 Å². The van der Waals surface area contributed by atoms with E-state index in [-0.39, 0.29) is 18.1 Å². The topological polar surface area (TPSA) is 111 Å². The van der Waals surface area contributed by atoms with Gasteiger partial charge in [-0.15, -0.1) is 0 Å². The summed E-state index contributed by atoms with van der Waals surface area (Å²) in [7, 11) is 0. The van der Waals surface area contributed by atoms with Gasteiger partial charge in [-0.1, -0.05) is 25.1 Å². The molecule has 8 heteroatoms. The average molecular weight is 503 g/mol. The monoisotopic (exact) mass is 502 g/mol. The van der Waals surface area contributed by atoms with E-state index in [1.54, 1.807) is 13.0 Å². The number of nitriles is 1. The molecule has 1 aliphatic rings. The molecule has 8 nitrogen and oxygen atoms in total. The number of nitrogens with zero attached hydrogens (tertiary/aromatic N) is 2. The Morgan fingerprint density at radius 1 is 1.14 bits per heavy atom. The van der Waals surface area contributed by atoms with Crippen LogP contribution in [-0.4, -0.2) is 68.5 Å². The number of ether oxygens (including phenoxy) is 1. The predicted molar refractivity (Wildman–Crippen MR) is 145 cm³/mol. The van der Waals surface area contributed by atoms with Crippen molar-refractivity contribution in [2.24, 2.45) is 5.92 Å². The lowest BCUT2D eigenvalue weighted by Gasteiger charge is -2.26. The van der Waals surface area contributed by atoms with Crippen LogP contribution in [0.3, 0.4) is 0 Å². The SMILES string of the molecule is C/C(=C(/C#N)C(=O)NCC(C)CO)c1ccc(-c2ccc3cc(NCCN4CCOCC4)ccc3c2)o1. The average Bonchev–Trinajstić information content (AvgIpc) is 3.43. The minimum absolute atomic E-state index is 0.00167. The first-order chi connectivity index (χ1) is 18.0. The van der Waals surface area contributed by atoms with Crippen molar-refractivity contribution >= 4 is 27.9 Å². The summed E-state index contributed by atoms with van der Waals surface area (Å²) < 4.78 is 11.4. The number of aliphatic hydroxyl groups is 1. The minimum atomic E-state index is -0.474. The highest BCUT2D eigenvalue weighted by Gasteiger charge is 2.17. The van der Waals surface area contributed by atoms with Crippen LogP contribution in [0, 0.1) is 17.2 Å². The molecule has 3 aromatic rings. The molecule has 0 bridgehead atoms. The van der Waals surface area contributed by atoms with Gasteiger partial charge in [0.25, 0.3) is 5.91 Å². The summed E-state index contributed by atoms with van der Waals surface area (Å²) in [6.07, 6.45) is 0. The smallest absolute Gasteiger partial charge is 0.262 e. The summed E-state index contributed by atoms with van der Waals surface area (Å²) in [5, 5.41) is 27.1. The lowest BCUT2D eigenvalue weighted by atomic mass is 10.0. The number of morpholine rings is 1. The van der Waals surface area contributed by atoms with E-state index >= 15 is 0 Å². The van der Waals surface area contributed by atoms with E-state index in [4.69, 9.17) is 14.3 Å². The van der Waals surface area contributed by atoms with E-state index in [9.17, 15) is 10.1 Å². The van der Waals surface area contributed by atoms with Gasteiger partial charge in [-0.2, -0.15) is 5.26 Å². The highest BCUT2D eigenvalue weighted by atomic mass is 16.5. The molecular formula is C29H34N4O4. The van der Waals surface area contributed by atoms with Crippen molar-refractivity contribution < 1.29 is 19.1 Å². The van der Waals surface area contributed by atoms with Crippen LogP contribution >= 0.6 is 0 Å². The summed E-state index contributed by atoms with van der Waals surface area (Å²) in [6, 6.07) is 18.1. The molecule has 194 valence electrons. The fraction of sp³-hybridized carbons (Fsp3) is 0.379. The number of rotatable bonds is 10. The van der Waals surface area contributed by atoms with E-state index < -0.39 is 5.91 Å². The minimum Gasteiger partial charge on any atom is -0.456 e. The normalized spacial score (nSPS) is 15.6. The molecule has 2 heterocycles. The number of furan rings is 1. The molecule has 1 unspecified atom stereocenters. The Bertz CT molecular complexity index is 1300. The van der Waals surface area contributed by atoms with Crippen molar-refractivity contribution in [3.05, 3.63) is 59.9 Å². The Morgan fingerprint density at radius 3 is 2.65 bits per heavy atom. The molecule has 1 aliphatic heterocycles. The van der Waals surface area contributed by atoms with Crippen LogP contribution in [0.1, 0.15) is 19.6 Å². The standard InChI is InChI=1S/C29H34N4O4/c1-20(19-34)18-32-29(35)26(17-30)21(2)27-7-8-28(37-27)24-4-3-23-16-25(6-5-22(23)15-24)31-9-10-33-11-13-36-14-12-33/h3-8,15-16,20,31,34H,9-14,18-19H2,1-2H3,(H,32,35)/b26-21+. The second-order valence-electron chi connectivity index (χ2n) is 9.43. The summed E-state index contributed by atoms with van der Waals surface area (Å²) in [5.41, 5.74) is 2.47. The van der Waals surface area contributed by atoms with Crippen LogP contribution in [-0.2, 0) is 9.53 Å². The lowest BCUT2D eigenvalue weighted by molar-refractivity contribution is -0.117. The Labute approximate surface area is 217 Å². The molecule has 0 saturated carbocycles. The largest absolute Gasteiger partial charge is 0.456 e.